The van der Waals surface area contributed by atoms with E-state index in [1.165, 1.54) is 18.2 Å². The highest BCUT2D eigenvalue weighted by Gasteiger charge is 2.33. The molecule has 0 spiro atoms. The Bertz CT molecular complexity index is 1100. The first kappa shape index (κ1) is 25.4. The SMILES string of the molecule is C/C(=N/NC(=O)CN(c1cccc(C(F)(F)F)c1)S(=O)(=O)c1ccc(C)cc1)C(C)(C)C. The first-order chi connectivity index (χ1) is 14.6. The summed E-state index contributed by atoms with van der Waals surface area (Å²) in [5, 5.41) is 3.98. The molecule has 1 N–H and O–H groups in total. The minimum Gasteiger partial charge on any atom is -0.271 e. The van der Waals surface area contributed by atoms with E-state index in [4.69, 9.17) is 0 Å². The summed E-state index contributed by atoms with van der Waals surface area (Å²) in [5.41, 5.74) is 2.04. The molecule has 174 valence electrons. The van der Waals surface area contributed by atoms with Crippen LogP contribution in [-0.4, -0.2) is 26.6 Å². The molecule has 6 nitrogen and oxygen atoms in total. The fraction of sp³-hybridized carbons (Fsp3) is 0.364. The average molecular weight is 470 g/mol. The van der Waals surface area contributed by atoms with Crippen molar-refractivity contribution in [2.24, 2.45) is 10.5 Å². The fourth-order valence-corrected chi connectivity index (χ4v) is 3.88. The van der Waals surface area contributed by atoms with Crippen molar-refractivity contribution in [3.63, 3.8) is 0 Å². The fourth-order valence-electron chi connectivity index (χ4n) is 2.47. The highest BCUT2D eigenvalue weighted by molar-refractivity contribution is 7.92. The molecule has 0 radical (unpaired) electrons. The van der Waals surface area contributed by atoms with Crippen molar-refractivity contribution >= 4 is 27.3 Å². The van der Waals surface area contributed by atoms with E-state index in [-0.39, 0.29) is 16.0 Å². The molecule has 0 heterocycles. The van der Waals surface area contributed by atoms with Crippen molar-refractivity contribution in [2.75, 3.05) is 10.8 Å². The van der Waals surface area contributed by atoms with E-state index in [0.717, 1.165) is 17.7 Å². The number of nitrogens with one attached hydrogen (secondary N) is 1. The molecule has 0 saturated carbocycles. The second-order valence-electron chi connectivity index (χ2n) is 8.36. The lowest BCUT2D eigenvalue weighted by Gasteiger charge is -2.25. The van der Waals surface area contributed by atoms with Crippen molar-refractivity contribution in [2.45, 2.75) is 45.7 Å². The highest BCUT2D eigenvalue weighted by atomic mass is 32.2. The summed E-state index contributed by atoms with van der Waals surface area (Å²) in [6.07, 6.45) is -4.67. The van der Waals surface area contributed by atoms with E-state index < -0.39 is 34.2 Å². The van der Waals surface area contributed by atoms with Gasteiger partial charge in [0.15, 0.2) is 0 Å². The van der Waals surface area contributed by atoms with Gasteiger partial charge in [0.25, 0.3) is 15.9 Å². The molecule has 0 aliphatic carbocycles. The van der Waals surface area contributed by atoms with Crippen LogP contribution in [0.25, 0.3) is 0 Å². The maximum atomic E-state index is 13.3. The highest BCUT2D eigenvalue weighted by Crippen LogP contribution is 2.33. The zero-order chi connectivity index (χ0) is 24.3. The predicted molar refractivity (Wildman–Crippen MR) is 118 cm³/mol. The van der Waals surface area contributed by atoms with Crippen LogP contribution in [-0.2, 0) is 21.0 Å². The number of halogens is 3. The molecular formula is C22H26F3N3O3S. The lowest BCUT2D eigenvalue weighted by atomic mass is 9.91. The number of anilines is 1. The summed E-state index contributed by atoms with van der Waals surface area (Å²) < 4.78 is 66.8. The van der Waals surface area contributed by atoms with Crippen molar-refractivity contribution < 1.29 is 26.4 Å². The van der Waals surface area contributed by atoms with E-state index in [0.29, 0.717) is 16.1 Å². The number of aryl methyl sites for hydroxylation is 1. The van der Waals surface area contributed by atoms with E-state index in [2.05, 4.69) is 10.5 Å². The number of carbonyl (C=O) groups excluding carboxylic acids is 1. The summed E-state index contributed by atoms with van der Waals surface area (Å²) in [5.74, 6) is -0.790. The van der Waals surface area contributed by atoms with E-state index in [1.54, 1.807) is 26.0 Å². The van der Waals surface area contributed by atoms with Gasteiger partial charge in [0, 0.05) is 11.1 Å². The largest absolute Gasteiger partial charge is 0.416 e. The number of amides is 1. The maximum Gasteiger partial charge on any atom is 0.416 e. The maximum absolute atomic E-state index is 13.3. The second-order valence-corrected chi connectivity index (χ2v) is 10.2. The molecule has 2 rings (SSSR count). The van der Waals surface area contributed by atoms with Gasteiger partial charge in [-0.15, -0.1) is 0 Å². The molecule has 10 heteroatoms. The Morgan fingerprint density at radius 2 is 1.66 bits per heavy atom. The Hall–Kier alpha value is -2.88. The number of alkyl halides is 3. The molecule has 0 saturated heterocycles. The van der Waals surface area contributed by atoms with Gasteiger partial charge in [-0.3, -0.25) is 9.10 Å². The van der Waals surface area contributed by atoms with Gasteiger partial charge in [-0.25, -0.2) is 13.8 Å². The zero-order valence-electron chi connectivity index (χ0n) is 18.5. The minimum atomic E-state index is -4.67. The Balaban J connectivity index is 2.48. The molecule has 2 aromatic rings. The Kier molecular flexibility index (Phi) is 7.39. The summed E-state index contributed by atoms with van der Waals surface area (Å²) in [6, 6.07) is 9.63. The van der Waals surface area contributed by atoms with Crippen LogP contribution in [0.4, 0.5) is 18.9 Å². The topological polar surface area (TPSA) is 78.8 Å². The van der Waals surface area contributed by atoms with E-state index in [9.17, 15) is 26.4 Å². The van der Waals surface area contributed by atoms with Crippen molar-refractivity contribution in [3.8, 4) is 0 Å². The molecule has 0 aliphatic rings. The predicted octanol–water partition coefficient (Wildman–Crippen LogP) is 4.75. The summed E-state index contributed by atoms with van der Waals surface area (Å²) >= 11 is 0. The van der Waals surface area contributed by atoms with Gasteiger partial charge in [0.05, 0.1) is 16.1 Å². The van der Waals surface area contributed by atoms with Gasteiger partial charge >= 0.3 is 6.18 Å². The van der Waals surface area contributed by atoms with Crippen molar-refractivity contribution in [1.29, 1.82) is 0 Å². The molecule has 0 bridgehead atoms. The molecule has 0 fully saturated rings. The molecule has 1 amide bonds. The van der Waals surface area contributed by atoms with Gasteiger partial charge in [-0.1, -0.05) is 44.5 Å². The molecule has 32 heavy (non-hydrogen) atoms. The molecule has 0 unspecified atom stereocenters. The number of hydrogen-bond donors (Lipinski definition) is 1. The van der Waals surface area contributed by atoms with Gasteiger partial charge in [-0.2, -0.15) is 18.3 Å². The van der Waals surface area contributed by atoms with Gasteiger partial charge in [0.2, 0.25) is 0 Å². The lowest BCUT2D eigenvalue weighted by Crippen LogP contribution is -2.40. The number of benzene rings is 2. The second kappa shape index (κ2) is 9.32. The summed E-state index contributed by atoms with van der Waals surface area (Å²) in [4.78, 5) is 12.4. The standard InChI is InChI=1S/C22H26F3N3O3S/c1-15-9-11-19(12-10-15)32(30,31)28(14-20(29)27-26-16(2)21(3,4)5)18-8-6-7-17(13-18)22(23,24)25/h6-13H,14H2,1-5H3,(H,27,29)/b26-16-. The van der Waals surface area contributed by atoms with Crippen LogP contribution in [0, 0.1) is 12.3 Å². The average Bonchev–Trinajstić information content (AvgIpc) is 2.69. The van der Waals surface area contributed by atoms with Crippen LogP contribution in [0.15, 0.2) is 58.5 Å². The molecule has 0 atom stereocenters. The minimum absolute atomic E-state index is 0.150. The van der Waals surface area contributed by atoms with Crippen LogP contribution in [0.1, 0.15) is 38.8 Å². The number of rotatable bonds is 6. The monoisotopic (exact) mass is 469 g/mol. The van der Waals surface area contributed by atoms with Crippen LogP contribution in [0.2, 0.25) is 0 Å². The quantitative estimate of drug-likeness (QED) is 0.490. The molecular weight excluding hydrogens is 443 g/mol. The number of hydrogen-bond acceptors (Lipinski definition) is 4. The zero-order valence-corrected chi connectivity index (χ0v) is 19.3. The number of nitrogens with zero attached hydrogens (tertiary/aromatic N) is 2. The number of sulfonamides is 1. The summed E-state index contributed by atoms with van der Waals surface area (Å²) in [7, 11) is -4.34. The van der Waals surface area contributed by atoms with Gasteiger partial charge in [-0.05, 0) is 44.2 Å². The normalized spacial score (nSPS) is 13.1. The first-order valence-electron chi connectivity index (χ1n) is 9.72. The Morgan fingerprint density at radius 3 is 2.19 bits per heavy atom. The Labute approximate surface area is 186 Å². The molecule has 0 aromatic heterocycles. The Morgan fingerprint density at radius 1 is 1.06 bits per heavy atom. The van der Waals surface area contributed by atoms with Crippen LogP contribution >= 0.6 is 0 Å². The first-order valence-corrected chi connectivity index (χ1v) is 11.2. The third kappa shape index (κ3) is 6.32. The van der Waals surface area contributed by atoms with Crippen LogP contribution in [0.5, 0.6) is 0 Å². The third-order valence-electron chi connectivity index (χ3n) is 4.79. The third-order valence-corrected chi connectivity index (χ3v) is 6.58. The smallest absolute Gasteiger partial charge is 0.271 e. The number of hydrazone groups is 1. The van der Waals surface area contributed by atoms with E-state index >= 15 is 0 Å². The molecule has 0 aliphatic heterocycles. The summed E-state index contributed by atoms with van der Waals surface area (Å²) in [6.45, 7) is 8.37. The molecule has 2 aromatic carbocycles. The van der Waals surface area contributed by atoms with Crippen LogP contribution < -0.4 is 9.73 Å². The van der Waals surface area contributed by atoms with E-state index in [1.807, 2.05) is 20.8 Å². The van der Waals surface area contributed by atoms with Crippen molar-refractivity contribution in [1.82, 2.24) is 5.43 Å². The van der Waals surface area contributed by atoms with Gasteiger partial charge in [0.1, 0.15) is 6.54 Å². The van der Waals surface area contributed by atoms with Crippen LogP contribution in [0.3, 0.4) is 0 Å². The van der Waals surface area contributed by atoms with Gasteiger partial charge < -0.3 is 0 Å². The van der Waals surface area contributed by atoms with Crippen molar-refractivity contribution in [3.05, 3.63) is 59.7 Å². The number of carbonyl (C=O) groups is 1. The lowest BCUT2D eigenvalue weighted by molar-refractivity contribution is -0.137.